The highest BCUT2D eigenvalue weighted by atomic mass is 32.2. The third-order valence-electron chi connectivity index (χ3n) is 4.99. The Balaban J connectivity index is 1.81. The van der Waals surface area contributed by atoms with Crippen molar-refractivity contribution in [2.24, 2.45) is 5.92 Å². The van der Waals surface area contributed by atoms with Gasteiger partial charge in [-0.3, -0.25) is 4.79 Å². The Labute approximate surface area is 149 Å². The van der Waals surface area contributed by atoms with Crippen molar-refractivity contribution < 1.29 is 17.9 Å². The summed E-state index contributed by atoms with van der Waals surface area (Å²) in [6, 6.07) is 3.71. The molecular weight excluding hydrogens is 340 g/mol. The number of nitrogens with one attached hydrogen (secondary N) is 1. The van der Waals surface area contributed by atoms with E-state index in [1.165, 1.54) is 4.31 Å². The number of aryl methyl sites for hydroxylation is 2. The lowest BCUT2D eigenvalue weighted by atomic mass is 9.99. The predicted octanol–water partition coefficient (Wildman–Crippen LogP) is 1.99. The van der Waals surface area contributed by atoms with Gasteiger partial charge in [-0.05, 0) is 62.8 Å². The van der Waals surface area contributed by atoms with Crippen LogP contribution in [-0.4, -0.2) is 44.9 Å². The smallest absolute Gasteiger partial charge is 0.243 e. The molecule has 1 aliphatic carbocycles. The summed E-state index contributed by atoms with van der Waals surface area (Å²) in [5.41, 5.74) is 1.44. The summed E-state index contributed by atoms with van der Waals surface area (Å²) in [5.74, 6) is 0.408. The maximum absolute atomic E-state index is 13.1. The first-order valence-electron chi connectivity index (χ1n) is 8.78. The first kappa shape index (κ1) is 18.2. The highest BCUT2D eigenvalue weighted by Crippen LogP contribution is 2.30. The SMILES string of the molecule is COc1cc(C)c(S(=O)(=O)N2CCCC(C(=O)NC3CC3)C2)cc1C. The molecule has 1 atom stereocenters. The molecule has 1 aromatic carbocycles. The highest BCUT2D eigenvalue weighted by molar-refractivity contribution is 7.89. The van der Waals surface area contributed by atoms with Gasteiger partial charge in [0.2, 0.25) is 15.9 Å². The number of piperidine rings is 1. The molecule has 7 heteroatoms. The fraction of sp³-hybridized carbons (Fsp3) is 0.611. The number of nitrogens with zero attached hydrogens (tertiary/aromatic N) is 1. The van der Waals surface area contributed by atoms with Crippen LogP contribution in [0.1, 0.15) is 36.8 Å². The van der Waals surface area contributed by atoms with Crippen molar-refractivity contribution in [2.45, 2.75) is 50.5 Å². The van der Waals surface area contributed by atoms with Gasteiger partial charge >= 0.3 is 0 Å². The van der Waals surface area contributed by atoms with Gasteiger partial charge in [-0.15, -0.1) is 0 Å². The van der Waals surface area contributed by atoms with Crippen molar-refractivity contribution in [3.8, 4) is 5.75 Å². The van der Waals surface area contributed by atoms with Gasteiger partial charge in [-0.2, -0.15) is 4.31 Å². The molecule has 0 aromatic heterocycles. The normalized spacial score (nSPS) is 21.8. The molecule has 1 aromatic rings. The van der Waals surface area contributed by atoms with Crippen LogP contribution in [0.5, 0.6) is 5.75 Å². The van der Waals surface area contributed by atoms with Crippen molar-refractivity contribution in [2.75, 3.05) is 20.2 Å². The molecule has 0 radical (unpaired) electrons. The summed E-state index contributed by atoms with van der Waals surface area (Å²) in [6.07, 6.45) is 3.51. The zero-order valence-electron chi connectivity index (χ0n) is 15.0. The van der Waals surface area contributed by atoms with Gasteiger partial charge in [-0.1, -0.05) is 0 Å². The van der Waals surface area contributed by atoms with Gasteiger partial charge in [0.05, 0.1) is 17.9 Å². The van der Waals surface area contributed by atoms with E-state index in [4.69, 9.17) is 4.74 Å². The van der Waals surface area contributed by atoms with Gasteiger partial charge in [0.15, 0.2) is 0 Å². The van der Waals surface area contributed by atoms with Crippen LogP contribution in [0.15, 0.2) is 17.0 Å². The number of carbonyl (C=O) groups is 1. The zero-order chi connectivity index (χ0) is 18.2. The molecule has 2 fully saturated rings. The van der Waals surface area contributed by atoms with Gasteiger partial charge in [0, 0.05) is 19.1 Å². The number of methoxy groups -OCH3 is 1. The lowest BCUT2D eigenvalue weighted by Gasteiger charge is -2.31. The summed E-state index contributed by atoms with van der Waals surface area (Å²) >= 11 is 0. The average molecular weight is 366 g/mol. The molecule has 1 aliphatic heterocycles. The van der Waals surface area contributed by atoms with Crippen molar-refractivity contribution in [1.82, 2.24) is 9.62 Å². The number of rotatable bonds is 5. The number of sulfonamides is 1. The number of benzene rings is 1. The molecule has 1 saturated heterocycles. The van der Waals surface area contributed by atoms with Crippen molar-refractivity contribution in [3.05, 3.63) is 23.3 Å². The first-order chi connectivity index (χ1) is 11.8. The summed E-state index contributed by atoms with van der Waals surface area (Å²) in [5, 5.41) is 2.99. The molecule has 25 heavy (non-hydrogen) atoms. The van der Waals surface area contributed by atoms with E-state index >= 15 is 0 Å². The standard InChI is InChI=1S/C18H26N2O4S/c1-12-10-17(13(2)9-16(12)24-3)25(22,23)20-8-4-5-14(11-20)18(21)19-15-6-7-15/h9-10,14-15H,4-8,11H2,1-3H3,(H,19,21). The van der Waals surface area contributed by atoms with Crippen LogP contribution in [0.25, 0.3) is 0 Å². The molecule has 1 heterocycles. The Bertz CT molecular complexity index is 772. The van der Waals surface area contributed by atoms with Crippen LogP contribution in [0.3, 0.4) is 0 Å². The number of ether oxygens (including phenoxy) is 1. The third kappa shape index (κ3) is 3.82. The zero-order valence-corrected chi connectivity index (χ0v) is 15.9. The molecule has 6 nitrogen and oxygen atoms in total. The average Bonchev–Trinajstić information content (AvgIpc) is 3.40. The number of hydrogen-bond acceptors (Lipinski definition) is 4. The highest BCUT2D eigenvalue weighted by Gasteiger charge is 2.35. The van der Waals surface area contributed by atoms with Crippen LogP contribution in [0.2, 0.25) is 0 Å². The molecule has 138 valence electrons. The van der Waals surface area contributed by atoms with E-state index in [0.717, 1.165) is 24.8 Å². The largest absolute Gasteiger partial charge is 0.496 e. The predicted molar refractivity (Wildman–Crippen MR) is 95.1 cm³/mol. The second-order valence-electron chi connectivity index (χ2n) is 7.07. The second kappa shape index (κ2) is 6.96. The molecule has 3 rings (SSSR count). The van der Waals surface area contributed by atoms with Gasteiger partial charge < -0.3 is 10.1 Å². The first-order valence-corrected chi connectivity index (χ1v) is 10.2. The summed E-state index contributed by atoms with van der Waals surface area (Å²) < 4.78 is 33.0. The molecule has 1 N–H and O–H groups in total. The van der Waals surface area contributed by atoms with Crippen molar-refractivity contribution in [3.63, 3.8) is 0 Å². The number of carbonyl (C=O) groups excluding carboxylic acids is 1. The lowest BCUT2D eigenvalue weighted by molar-refractivity contribution is -0.126. The molecule has 2 aliphatic rings. The van der Waals surface area contributed by atoms with E-state index in [-0.39, 0.29) is 18.4 Å². The molecule has 1 unspecified atom stereocenters. The lowest BCUT2D eigenvalue weighted by Crippen LogP contribution is -2.45. The minimum Gasteiger partial charge on any atom is -0.496 e. The van der Waals surface area contributed by atoms with Crippen molar-refractivity contribution >= 4 is 15.9 Å². The molecule has 1 saturated carbocycles. The number of amides is 1. The second-order valence-corrected chi connectivity index (χ2v) is 8.98. The minimum atomic E-state index is -3.62. The Kier molecular flexibility index (Phi) is 5.06. The topological polar surface area (TPSA) is 75.7 Å². The maximum Gasteiger partial charge on any atom is 0.243 e. The van der Waals surface area contributed by atoms with E-state index in [1.54, 1.807) is 26.2 Å². The Hall–Kier alpha value is -1.60. The third-order valence-corrected chi connectivity index (χ3v) is 7.00. The van der Waals surface area contributed by atoms with E-state index in [1.807, 2.05) is 6.92 Å². The summed E-state index contributed by atoms with van der Waals surface area (Å²) in [4.78, 5) is 12.6. The molecular formula is C18H26N2O4S. The van der Waals surface area contributed by atoms with Crippen LogP contribution >= 0.6 is 0 Å². The Morgan fingerprint density at radius 1 is 1.20 bits per heavy atom. The van der Waals surface area contributed by atoms with E-state index in [0.29, 0.717) is 35.2 Å². The summed E-state index contributed by atoms with van der Waals surface area (Å²) in [7, 11) is -2.05. The van der Waals surface area contributed by atoms with Crippen LogP contribution in [0.4, 0.5) is 0 Å². The van der Waals surface area contributed by atoms with Crippen LogP contribution < -0.4 is 10.1 Å². The van der Waals surface area contributed by atoms with Gasteiger partial charge in [-0.25, -0.2) is 8.42 Å². The maximum atomic E-state index is 13.1. The van der Waals surface area contributed by atoms with Gasteiger partial charge in [0.1, 0.15) is 5.75 Å². The quantitative estimate of drug-likeness (QED) is 0.865. The minimum absolute atomic E-state index is 0.00923. The fourth-order valence-corrected chi connectivity index (χ4v) is 5.14. The van der Waals surface area contributed by atoms with E-state index in [9.17, 15) is 13.2 Å². The van der Waals surface area contributed by atoms with Crippen LogP contribution in [0, 0.1) is 19.8 Å². The molecule has 1 amide bonds. The summed E-state index contributed by atoms with van der Waals surface area (Å²) in [6.45, 7) is 4.32. The Morgan fingerprint density at radius 2 is 1.92 bits per heavy atom. The molecule has 0 spiro atoms. The Morgan fingerprint density at radius 3 is 2.56 bits per heavy atom. The molecule has 0 bridgehead atoms. The van der Waals surface area contributed by atoms with Gasteiger partial charge in [0.25, 0.3) is 0 Å². The fourth-order valence-electron chi connectivity index (χ4n) is 3.32. The van der Waals surface area contributed by atoms with E-state index < -0.39 is 10.0 Å². The van der Waals surface area contributed by atoms with Crippen molar-refractivity contribution in [1.29, 1.82) is 0 Å². The monoisotopic (exact) mass is 366 g/mol. The number of hydrogen-bond donors (Lipinski definition) is 1. The van der Waals surface area contributed by atoms with Crippen LogP contribution in [-0.2, 0) is 14.8 Å². The van der Waals surface area contributed by atoms with E-state index in [2.05, 4.69) is 5.32 Å².